The van der Waals surface area contributed by atoms with Crippen LogP contribution >= 0.6 is 0 Å². The van der Waals surface area contributed by atoms with E-state index in [4.69, 9.17) is 4.74 Å². The van der Waals surface area contributed by atoms with Crippen molar-refractivity contribution < 1.29 is 9.13 Å². The fourth-order valence-electron chi connectivity index (χ4n) is 2.58. The summed E-state index contributed by atoms with van der Waals surface area (Å²) >= 11 is 0. The first-order valence-corrected chi connectivity index (χ1v) is 7.87. The molecule has 0 bridgehead atoms. The van der Waals surface area contributed by atoms with Crippen LogP contribution in [0, 0.1) is 12.7 Å². The minimum Gasteiger partial charge on any atom is -0.378 e. The quantitative estimate of drug-likeness (QED) is 0.918. The molecule has 1 aromatic heterocycles. The van der Waals surface area contributed by atoms with Crippen molar-refractivity contribution in [1.29, 1.82) is 0 Å². The number of benzene rings is 1. The molecule has 0 aliphatic carbocycles. The maximum atomic E-state index is 12.9. The summed E-state index contributed by atoms with van der Waals surface area (Å²) in [4.78, 5) is 11.2. The summed E-state index contributed by atoms with van der Waals surface area (Å²) in [5, 5.41) is 3.33. The van der Waals surface area contributed by atoms with Gasteiger partial charge >= 0.3 is 0 Å². The fraction of sp³-hybridized carbons (Fsp3) is 0.412. The van der Waals surface area contributed by atoms with Crippen LogP contribution in [0.15, 0.2) is 30.3 Å². The summed E-state index contributed by atoms with van der Waals surface area (Å²) in [6.07, 6.45) is 0.816. The molecule has 0 amide bonds. The van der Waals surface area contributed by atoms with Crippen molar-refractivity contribution in [1.82, 2.24) is 9.97 Å². The van der Waals surface area contributed by atoms with Gasteiger partial charge in [-0.1, -0.05) is 12.1 Å². The third kappa shape index (κ3) is 4.39. The molecule has 1 aliphatic rings. The van der Waals surface area contributed by atoms with Crippen LogP contribution in [0.3, 0.4) is 0 Å². The van der Waals surface area contributed by atoms with Gasteiger partial charge in [0, 0.05) is 25.7 Å². The van der Waals surface area contributed by atoms with Gasteiger partial charge in [-0.15, -0.1) is 0 Å². The molecule has 6 heteroatoms. The van der Waals surface area contributed by atoms with Crippen molar-refractivity contribution in [2.45, 2.75) is 13.3 Å². The lowest BCUT2D eigenvalue weighted by atomic mass is 10.1. The van der Waals surface area contributed by atoms with E-state index >= 15 is 0 Å². The van der Waals surface area contributed by atoms with Crippen LogP contribution in [0.1, 0.15) is 11.4 Å². The van der Waals surface area contributed by atoms with Gasteiger partial charge in [-0.05, 0) is 31.0 Å². The molecule has 2 aromatic rings. The number of halogens is 1. The number of morpholine rings is 1. The Morgan fingerprint density at radius 1 is 1.17 bits per heavy atom. The van der Waals surface area contributed by atoms with Gasteiger partial charge in [0.1, 0.15) is 23.3 Å². The minimum atomic E-state index is -0.205. The van der Waals surface area contributed by atoms with E-state index in [1.807, 2.05) is 13.0 Å². The average Bonchev–Trinajstić information content (AvgIpc) is 2.57. The van der Waals surface area contributed by atoms with Crippen LogP contribution in [-0.2, 0) is 11.2 Å². The number of aromatic nitrogens is 2. The zero-order valence-electron chi connectivity index (χ0n) is 13.3. The van der Waals surface area contributed by atoms with Crippen molar-refractivity contribution in [3.8, 4) is 0 Å². The van der Waals surface area contributed by atoms with Crippen LogP contribution in [0.25, 0.3) is 0 Å². The predicted octanol–water partition coefficient (Wildman–Crippen LogP) is 2.42. The number of hydrogen-bond acceptors (Lipinski definition) is 5. The lowest BCUT2D eigenvalue weighted by Gasteiger charge is -2.28. The van der Waals surface area contributed by atoms with Gasteiger partial charge in [0.05, 0.1) is 13.2 Å². The fourth-order valence-corrected chi connectivity index (χ4v) is 2.58. The second-order valence-electron chi connectivity index (χ2n) is 5.56. The normalized spacial score (nSPS) is 14.8. The van der Waals surface area contributed by atoms with E-state index in [1.165, 1.54) is 12.1 Å². The Balaban J connectivity index is 1.60. The largest absolute Gasteiger partial charge is 0.378 e. The van der Waals surface area contributed by atoms with Gasteiger partial charge in [0.15, 0.2) is 0 Å². The second-order valence-corrected chi connectivity index (χ2v) is 5.56. The van der Waals surface area contributed by atoms with Crippen LogP contribution < -0.4 is 10.2 Å². The number of rotatable bonds is 5. The van der Waals surface area contributed by atoms with Gasteiger partial charge in [-0.25, -0.2) is 14.4 Å². The average molecular weight is 316 g/mol. The lowest BCUT2D eigenvalue weighted by Crippen LogP contribution is -2.37. The van der Waals surface area contributed by atoms with E-state index in [-0.39, 0.29) is 5.82 Å². The molecular weight excluding hydrogens is 295 g/mol. The zero-order valence-corrected chi connectivity index (χ0v) is 13.3. The summed E-state index contributed by atoms with van der Waals surface area (Å²) in [5.41, 5.74) is 1.10. The molecule has 23 heavy (non-hydrogen) atoms. The molecule has 0 spiro atoms. The highest BCUT2D eigenvalue weighted by molar-refractivity contribution is 5.49. The van der Waals surface area contributed by atoms with Gasteiger partial charge in [0.2, 0.25) is 0 Å². The maximum Gasteiger partial charge on any atom is 0.134 e. The molecule has 0 saturated carbocycles. The van der Waals surface area contributed by atoms with E-state index in [2.05, 4.69) is 20.2 Å². The first-order valence-electron chi connectivity index (χ1n) is 7.87. The first kappa shape index (κ1) is 15.7. The number of aryl methyl sites for hydroxylation is 1. The van der Waals surface area contributed by atoms with E-state index in [9.17, 15) is 4.39 Å². The molecule has 1 fully saturated rings. The molecule has 0 atom stereocenters. The lowest BCUT2D eigenvalue weighted by molar-refractivity contribution is 0.122. The van der Waals surface area contributed by atoms with Crippen LogP contribution in [0.4, 0.5) is 16.0 Å². The van der Waals surface area contributed by atoms with Gasteiger partial charge in [-0.3, -0.25) is 0 Å². The molecule has 3 rings (SSSR count). The Morgan fingerprint density at radius 2 is 1.91 bits per heavy atom. The summed E-state index contributed by atoms with van der Waals surface area (Å²) in [7, 11) is 0. The van der Waals surface area contributed by atoms with E-state index in [1.54, 1.807) is 12.1 Å². The molecule has 1 aromatic carbocycles. The van der Waals surface area contributed by atoms with Crippen molar-refractivity contribution in [2.24, 2.45) is 0 Å². The molecule has 122 valence electrons. The SMILES string of the molecule is Cc1nc(NCCc2ccc(F)cc2)cc(N2CCOCC2)n1. The Bertz CT molecular complexity index is 642. The Labute approximate surface area is 135 Å². The minimum absolute atomic E-state index is 0.205. The van der Waals surface area contributed by atoms with Crippen molar-refractivity contribution in [3.05, 3.63) is 47.5 Å². The molecule has 1 saturated heterocycles. The number of hydrogen-bond donors (Lipinski definition) is 1. The zero-order chi connectivity index (χ0) is 16.1. The van der Waals surface area contributed by atoms with Gasteiger partial charge in [-0.2, -0.15) is 0 Å². The standard InChI is InChI=1S/C17H21FN4O/c1-13-20-16(12-17(21-13)22-8-10-23-11-9-22)19-7-6-14-2-4-15(18)5-3-14/h2-5,12H,6-11H2,1H3,(H,19,20,21). The van der Waals surface area contributed by atoms with Crippen LogP contribution in [0.2, 0.25) is 0 Å². The topological polar surface area (TPSA) is 50.3 Å². The van der Waals surface area contributed by atoms with E-state index < -0.39 is 0 Å². The molecule has 0 unspecified atom stereocenters. The third-order valence-corrected chi connectivity index (χ3v) is 3.79. The monoisotopic (exact) mass is 316 g/mol. The summed E-state index contributed by atoms with van der Waals surface area (Å²) in [6.45, 7) is 5.81. The Kier molecular flexibility index (Phi) is 5.02. The smallest absolute Gasteiger partial charge is 0.134 e. The number of nitrogens with zero attached hydrogens (tertiary/aromatic N) is 3. The van der Waals surface area contributed by atoms with Crippen LogP contribution in [0.5, 0.6) is 0 Å². The molecule has 0 radical (unpaired) electrons. The molecule has 5 nitrogen and oxygen atoms in total. The van der Waals surface area contributed by atoms with Gasteiger partial charge in [0.25, 0.3) is 0 Å². The van der Waals surface area contributed by atoms with E-state index in [0.29, 0.717) is 0 Å². The predicted molar refractivity (Wildman–Crippen MR) is 88.4 cm³/mol. The molecule has 1 N–H and O–H groups in total. The highest BCUT2D eigenvalue weighted by atomic mass is 19.1. The van der Waals surface area contributed by atoms with Crippen molar-refractivity contribution >= 4 is 11.6 Å². The summed E-state index contributed by atoms with van der Waals surface area (Å²) in [6, 6.07) is 8.56. The number of anilines is 2. The van der Waals surface area contributed by atoms with Gasteiger partial charge < -0.3 is 15.0 Å². The Hall–Kier alpha value is -2.21. The van der Waals surface area contributed by atoms with E-state index in [0.717, 1.165) is 62.3 Å². The highest BCUT2D eigenvalue weighted by Crippen LogP contribution is 2.17. The third-order valence-electron chi connectivity index (χ3n) is 3.79. The second kappa shape index (κ2) is 7.37. The maximum absolute atomic E-state index is 12.9. The summed E-state index contributed by atoms with van der Waals surface area (Å²) in [5.74, 6) is 2.30. The number of nitrogens with one attached hydrogen (secondary N) is 1. The Morgan fingerprint density at radius 3 is 2.65 bits per heavy atom. The summed E-state index contributed by atoms with van der Waals surface area (Å²) < 4.78 is 18.3. The molecular formula is C17H21FN4O. The van der Waals surface area contributed by atoms with Crippen LogP contribution in [-0.4, -0.2) is 42.8 Å². The molecule has 1 aliphatic heterocycles. The van der Waals surface area contributed by atoms with Crippen molar-refractivity contribution in [2.75, 3.05) is 43.1 Å². The number of ether oxygens (including phenoxy) is 1. The molecule has 2 heterocycles. The first-order chi connectivity index (χ1) is 11.2. The highest BCUT2D eigenvalue weighted by Gasteiger charge is 2.14. The van der Waals surface area contributed by atoms with Crippen molar-refractivity contribution in [3.63, 3.8) is 0 Å².